The van der Waals surface area contributed by atoms with E-state index in [0.29, 0.717) is 0 Å². The third-order valence-electron chi connectivity index (χ3n) is 0.879. The van der Waals surface area contributed by atoms with Gasteiger partial charge >= 0.3 is 6.09 Å². The van der Waals surface area contributed by atoms with E-state index in [1.807, 2.05) is 0 Å². The molecule has 3 N–H and O–H groups in total. The molecule has 0 fully saturated rings. The molecule has 0 aromatic heterocycles. The van der Waals surface area contributed by atoms with Gasteiger partial charge in [0, 0.05) is 0 Å². The van der Waals surface area contributed by atoms with Crippen LogP contribution in [-0.2, 0) is 4.74 Å². The fourth-order valence-corrected chi connectivity index (χ4v) is 0.353. The Bertz CT molecular complexity index is 163. The van der Waals surface area contributed by atoms with E-state index >= 15 is 0 Å². The molecular weight excluding hydrogens is 136 g/mol. The first-order valence-corrected chi connectivity index (χ1v) is 2.61. The number of nitrogens with two attached hydrogens (primary N) is 1. The van der Waals surface area contributed by atoms with Gasteiger partial charge in [-0.3, -0.25) is 0 Å². The van der Waals surface area contributed by atoms with Crippen LogP contribution in [0.3, 0.4) is 0 Å². The molecule has 0 radical (unpaired) electrons. The molecule has 0 aliphatic carbocycles. The molecule has 10 heavy (non-hydrogen) atoms. The Hall–Kier alpha value is -1.28. The van der Waals surface area contributed by atoms with E-state index in [2.05, 4.69) is 10.5 Å². The summed E-state index contributed by atoms with van der Waals surface area (Å²) in [6.45, 7) is 1.37. The van der Waals surface area contributed by atoms with Crippen LogP contribution in [0.5, 0.6) is 0 Å². The number of hydrogen-bond donors (Lipinski definition) is 2. The Labute approximate surface area is 58.0 Å². The van der Waals surface area contributed by atoms with Crippen LogP contribution in [0.2, 0.25) is 0 Å². The minimum Gasteiger partial charge on any atom is -0.443 e. The topological polar surface area (TPSA) is 96.3 Å². The number of amides is 1. The molecule has 2 atom stereocenters. The summed E-state index contributed by atoms with van der Waals surface area (Å²) < 4.78 is 4.27. The first-order chi connectivity index (χ1) is 4.57. The standard InChI is InChI=1S/C5H8N2O3/c1-3(4(8)2-6)10-5(7)9/h3-4,8H,1H3,(H2,7,9)/t3-,4?/m0/s1. The first-order valence-electron chi connectivity index (χ1n) is 2.61. The van der Waals surface area contributed by atoms with Gasteiger partial charge in [-0.1, -0.05) is 0 Å². The third kappa shape index (κ3) is 2.89. The van der Waals surface area contributed by atoms with Crippen molar-refractivity contribution in [3.8, 4) is 6.07 Å². The highest BCUT2D eigenvalue weighted by atomic mass is 16.6. The van der Waals surface area contributed by atoms with Gasteiger partial charge in [-0.15, -0.1) is 0 Å². The van der Waals surface area contributed by atoms with Crippen molar-refractivity contribution in [3.05, 3.63) is 0 Å². The van der Waals surface area contributed by atoms with Gasteiger partial charge in [0.2, 0.25) is 0 Å². The largest absolute Gasteiger partial charge is 0.443 e. The van der Waals surface area contributed by atoms with Gasteiger partial charge in [0.15, 0.2) is 6.10 Å². The number of nitrogens with zero attached hydrogens (tertiary/aromatic N) is 1. The summed E-state index contributed by atoms with van der Waals surface area (Å²) in [5.74, 6) is 0. The number of ether oxygens (including phenoxy) is 1. The maximum atomic E-state index is 10.0. The van der Waals surface area contributed by atoms with Crippen molar-refractivity contribution in [2.75, 3.05) is 0 Å². The van der Waals surface area contributed by atoms with Crippen molar-refractivity contribution in [2.24, 2.45) is 5.73 Å². The molecule has 56 valence electrons. The van der Waals surface area contributed by atoms with Crippen LogP contribution in [0, 0.1) is 11.3 Å². The van der Waals surface area contributed by atoms with Gasteiger partial charge in [0.1, 0.15) is 6.10 Å². The average molecular weight is 144 g/mol. The highest BCUT2D eigenvalue weighted by Gasteiger charge is 2.15. The van der Waals surface area contributed by atoms with E-state index in [1.54, 1.807) is 0 Å². The summed E-state index contributed by atoms with van der Waals surface area (Å²) in [7, 11) is 0. The number of nitriles is 1. The van der Waals surface area contributed by atoms with E-state index < -0.39 is 18.3 Å². The van der Waals surface area contributed by atoms with Crippen molar-refractivity contribution in [1.29, 1.82) is 5.26 Å². The Morgan fingerprint density at radius 2 is 2.40 bits per heavy atom. The molecule has 5 nitrogen and oxygen atoms in total. The van der Waals surface area contributed by atoms with Crippen molar-refractivity contribution in [2.45, 2.75) is 19.1 Å². The number of primary amides is 1. The minimum atomic E-state index is -1.31. The number of carbonyl (C=O) groups excluding carboxylic acids is 1. The number of hydrogen-bond acceptors (Lipinski definition) is 4. The van der Waals surface area contributed by atoms with E-state index in [-0.39, 0.29) is 0 Å². The molecule has 0 aromatic carbocycles. The van der Waals surface area contributed by atoms with Crippen molar-refractivity contribution in [3.63, 3.8) is 0 Å². The normalized spacial score (nSPS) is 14.9. The maximum absolute atomic E-state index is 10.0. The van der Waals surface area contributed by atoms with E-state index in [9.17, 15) is 4.79 Å². The minimum absolute atomic E-state index is 0.873. The van der Waals surface area contributed by atoms with Crippen LogP contribution in [0.1, 0.15) is 6.92 Å². The Morgan fingerprint density at radius 3 is 2.70 bits per heavy atom. The molecule has 0 aromatic rings. The quantitative estimate of drug-likeness (QED) is 0.503. The van der Waals surface area contributed by atoms with Crippen molar-refractivity contribution in [1.82, 2.24) is 0 Å². The van der Waals surface area contributed by atoms with Gasteiger partial charge in [-0.05, 0) is 6.92 Å². The van der Waals surface area contributed by atoms with Crippen molar-refractivity contribution >= 4 is 6.09 Å². The van der Waals surface area contributed by atoms with Crippen molar-refractivity contribution < 1.29 is 14.6 Å². The van der Waals surface area contributed by atoms with Gasteiger partial charge < -0.3 is 15.6 Å². The van der Waals surface area contributed by atoms with Gasteiger partial charge in [-0.2, -0.15) is 5.26 Å². The number of aliphatic hydroxyl groups is 1. The zero-order valence-electron chi connectivity index (χ0n) is 5.44. The lowest BCUT2D eigenvalue weighted by atomic mass is 10.2. The summed E-state index contributed by atoms with van der Waals surface area (Å²) >= 11 is 0. The summed E-state index contributed by atoms with van der Waals surface area (Å²) in [4.78, 5) is 10.0. The summed E-state index contributed by atoms with van der Waals surface area (Å²) in [6.07, 6.45) is -3.18. The zero-order valence-corrected chi connectivity index (χ0v) is 5.44. The molecule has 0 rings (SSSR count). The highest BCUT2D eigenvalue weighted by molar-refractivity contribution is 5.64. The number of rotatable bonds is 2. The lowest BCUT2D eigenvalue weighted by Gasteiger charge is -2.10. The predicted octanol–water partition coefficient (Wildman–Crippen LogP) is -0.645. The second-order valence-electron chi connectivity index (χ2n) is 1.72. The van der Waals surface area contributed by atoms with Crippen LogP contribution in [0.4, 0.5) is 4.79 Å². The lowest BCUT2D eigenvalue weighted by Crippen LogP contribution is -2.29. The SMILES string of the molecule is C[C@H](OC(N)=O)C(O)C#N. The van der Waals surface area contributed by atoms with E-state index in [0.717, 1.165) is 0 Å². The Balaban J connectivity index is 3.75. The predicted molar refractivity (Wildman–Crippen MR) is 31.8 cm³/mol. The maximum Gasteiger partial charge on any atom is 0.404 e. The molecule has 0 aliphatic heterocycles. The molecule has 1 unspecified atom stereocenters. The fourth-order valence-electron chi connectivity index (χ4n) is 0.353. The molecule has 5 heteroatoms. The summed E-state index contributed by atoms with van der Waals surface area (Å²) in [5, 5.41) is 16.8. The second kappa shape index (κ2) is 3.69. The molecule has 0 aliphatic rings. The molecule has 0 saturated carbocycles. The Kier molecular flexibility index (Phi) is 3.22. The van der Waals surface area contributed by atoms with Crippen LogP contribution in [-0.4, -0.2) is 23.4 Å². The Morgan fingerprint density at radius 1 is 1.90 bits per heavy atom. The third-order valence-corrected chi connectivity index (χ3v) is 0.879. The molecule has 0 heterocycles. The van der Waals surface area contributed by atoms with Gasteiger partial charge in [0.25, 0.3) is 0 Å². The monoisotopic (exact) mass is 144 g/mol. The summed E-state index contributed by atoms with van der Waals surface area (Å²) in [5.41, 5.74) is 4.60. The fraction of sp³-hybridized carbons (Fsp3) is 0.600. The molecular formula is C5H8N2O3. The molecule has 1 amide bonds. The van der Waals surface area contributed by atoms with E-state index in [4.69, 9.17) is 10.4 Å². The van der Waals surface area contributed by atoms with Gasteiger partial charge in [-0.25, -0.2) is 4.79 Å². The van der Waals surface area contributed by atoms with Gasteiger partial charge in [0.05, 0.1) is 6.07 Å². The smallest absolute Gasteiger partial charge is 0.404 e. The number of carbonyl (C=O) groups is 1. The first kappa shape index (κ1) is 8.72. The summed E-state index contributed by atoms with van der Waals surface area (Å²) in [6, 6.07) is 1.49. The zero-order chi connectivity index (χ0) is 8.15. The second-order valence-corrected chi connectivity index (χ2v) is 1.72. The van der Waals surface area contributed by atoms with Crippen LogP contribution in [0.15, 0.2) is 0 Å². The van der Waals surface area contributed by atoms with Crippen LogP contribution < -0.4 is 5.73 Å². The molecule has 0 saturated heterocycles. The molecule has 0 bridgehead atoms. The number of aliphatic hydroxyl groups excluding tert-OH is 1. The highest BCUT2D eigenvalue weighted by Crippen LogP contribution is 1.95. The average Bonchev–Trinajstić information content (AvgIpc) is 1.85. The van der Waals surface area contributed by atoms with E-state index in [1.165, 1.54) is 13.0 Å². The van der Waals surface area contributed by atoms with Crippen LogP contribution in [0.25, 0.3) is 0 Å². The molecule has 0 spiro atoms. The lowest BCUT2D eigenvalue weighted by molar-refractivity contribution is 0.0442. The van der Waals surface area contributed by atoms with Crippen LogP contribution >= 0.6 is 0 Å².